The van der Waals surface area contributed by atoms with E-state index in [4.69, 9.17) is 32.7 Å². The number of piperazine rings is 1. The van der Waals surface area contributed by atoms with Crippen LogP contribution in [0, 0.1) is 11.6 Å². The fourth-order valence-electron chi connectivity index (χ4n) is 4.41. The lowest BCUT2D eigenvalue weighted by Gasteiger charge is -2.41. The minimum Gasteiger partial charge on any atom is -0.496 e. The van der Waals surface area contributed by atoms with Crippen molar-refractivity contribution in [1.82, 2.24) is 14.9 Å². The van der Waals surface area contributed by atoms with Gasteiger partial charge in [0.05, 0.1) is 23.6 Å². The van der Waals surface area contributed by atoms with Gasteiger partial charge in [0, 0.05) is 36.6 Å². The molecule has 2 aromatic carbocycles. The largest absolute Gasteiger partial charge is 0.496 e. The summed E-state index contributed by atoms with van der Waals surface area (Å²) in [5, 5.41) is 0.339. The van der Waals surface area contributed by atoms with E-state index in [2.05, 4.69) is 9.97 Å². The van der Waals surface area contributed by atoms with E-state index in [0.717, 1.165) is 0 Å². The second-order valence-corrected chi connectivity index (χ2v) is 10.5. The van der Waals surface area contributed by atoms with Gasteiger partial charge < -0.3 is 19.3 Å². The number of alkyl halides is 1. The van der Waals surface area contributed by atoms with Crippen molar-refractivity contribution in [3.05, 3.63) is 46.7 Å². The smallest absolute Gasteiger partial charge is 0.410 e. The highest BCUT2D eigenvalue weighted by atomic mass is 35.5. The molecule has 1 fully saturated rings. The van der Waals surface area contributed by atoms with E-state index in [-0.39, 0.29) is 45.2 Å². The number of benzene rings is 2. The van der Waals surface area contributed by atoms with Crippen LogP contribution < -0.4 is 9.64 Å². The second-order valence-electron chi connectivity index (χ2n) is 9.83. The maximum absolute atomic E-state index is 16.0. The van der Waals surface area contributed by atoms with Gasteiger partial charge in [0.2, 0.25) is 0 Å². The summed E-state index contributed by atoms with van der Waals surface area (Å²) in [7, 11) is 1.37. The van der Waals surface area contributed by atoms with E-state index >= 15 is 4.39 Å². The molecule has 2 heterocycles. The number of carbonyl (C=O) groups excluding carboxylic acids is 1. The Morgan fingerprint density at radius 3 is 2.54 bits per heavy atom. The Kier molecular flexibility index (Phi) is 7.67. The zero-order chi connectivity index (χ0) is 27.1. The highest BCUT2D eigenvalue weighted by Crippen LogP contribution is 2.42. The Bertz CT molecular complexity index is 1350. The SMILES string of the molecule is COc1cccc(F)c1-c1c(Cl)cc2c(N3CCN(C(=O)OC(C)(C)C)[C@H](C)C3)nc(CCl)nc2c1F. The number of halogens is 4. The Labute approximate surface area is 224 Å². The fraction of sp³-hybridized carbons (Fsp3) is 0.423. The molecule has 1 saturated heterocycles. The van der Waals surface area contributed by atoms with Crippen molar-refractivity contribution in [3.8, 4) is 16.9 Å². The maximum atomic E-state index is 16.0. The molecule has 1 amide bonds. The minimum absolute atomic E-state index is 0.0164. The highest BCUT2D eigenvalue weighted by molar-refractivity contribution is 6.34. The molecule has 198 valence electrons. The van der Waals surface area contributed by atoms with Gasteiger partial charge in [-0.3, -0.25) is 0 Å². The van der Waals surface area contributed by atoms with Crippen LogP contribution in [-0.2, 0) is 10.6 Å². The molecule has 11 heteroatoms. The van der Waals surface area contributed by atoms with E-state index in [1.807, 2.05) is 32.6 Å². The summed E-state index contributed by atoms with van der Waals surface area (Å²) < 4.78 is 41.7. The van der Waals surface area contributed by atoms with Crippen LogP contribution in [0.2, 0.25) is 5.02 Å². The molecule has 4 rings (SSSR count). The molecule has 0 saturated carbocycles. The van der Waals surface area contributed by atoms with Gasteiger partial charge in [-0.15, -0.1) is 11.6 Å². The predicted molar refractivity (Wildman–Crippen MR) is 141 cm³/mol. The first kappa shape index (κ1) is 27.1. The standard InChI is InChI=1S/C26H28Cl2F2N4O3/c1-14-13-33(9-10-34(14)25(35)37-26(2,3)4)24-15-11-16(28)20(21-17(29)7-6-8-18(21)36-5)22(30)23(15)31-19(12-27)32-24/h6-8,11,14H,9-10,12-13H2,1-5H3/t14-/m1/s1. The van der Waals surface area contributed by atoms with Crippen molar-refractivity contribution < 1.29 is 23.0 Å². The molecule has 0 N–H and O–H groups in total. The van der Waals surface area contributed by atoms with Crippen LogP contribution in [-0.4, -0.2) is 59.3 Å². The Balaban J connectivity index is 1.79. The number of amides is 1. The molecule has 0 bridgehead atoms. The lowest BCUT2D eigenvalue weighted by Crippen LogP contribution is -2.55. The van der Waals surface area contributed by atoms with E-state index in [0.29, 0.717) is 30.8 Å². The Hall–Kier alpha value is -2.91. The van der Waals surface area contributed by atoms with Gasteiger partial charge in [-0.2, -0.15) is 0 Å². The van der Waals surface area contributed by atoms with E-state index in [1.165, 1.54) is 31.4 Å². The summed E-state index contributed by atoms with van der Waals surface area (Å²) in [6, 6.07) is 5.52. The monoisotopic (exact) mass is 552 g/mol. The van der Waals surface area contributed by atoms with Crippen LogP contribution in [0.5, 0.6) is 5.75 Å². The van der Waals surface area contributed by atoms with E-state index in [1.54, 1.807) is 4.90 Å². The van der Waals surface area contributed by atoms with E-state index < -0.39 is 23.3 Å². The minimum atomic E-state index is -0.804. The molecule has 1 aliphatic rings. The molecule has 1 aliphatic heterocycles. The first-order valence-electron chi connectivity index (χ1n) is 11.8. The number of methoxy groups -OCH3 is 1. The normalized spacial score (nSPS) is 16.3. The zero-order valence-corrected chi connectivity index (χ0v) is 22.8. The number of anilines is 1. The summed E-state index contributed by atoms with van der Waals surface area (Å²) in [6.07, 6.45) is -0.397. The summed E-state index contributed by atoms with van der Waals surface area (Å²) in [4.78, 5) is 25.1. The number of ether oxygens (including phenoxy) is 2. The van der Waals surface area contributed by atoms with Crippen molar-refractivity contribution in [2.75, 3.05) is 31.6 Å². The van der Waals surface area contributed by atoms with Gasteiger partial charge >= 0.3 is 6.09 Å². The fourth-order valence-corrected chi connectivity index (χ4v) is 4.82. The third kappa shape index (κ3) is 5.38. The molecule has 0 aliphatic carbocycles. The van der Waals surface area contributed by atoms with Gasteiger partial charge in [-0.1, -0.05) is 17.7 Å². The van der Waals surface area contributed by atoms with Crippen molar-refractivity contribution in [2.24, 2.45) is 0 Å². The van der Waals surface area contributed by atoms with Crippen LogP contribution in [0.3, 0.4) is 0 Å². The third-order valence-corrected chi connectivity index (χ3v) is 6.57. The Morgan fingerprint density at radius 2 is 1.92 bits per heavy atom. The van der Waals surface area contributed by atoms with Gasteiger partial charge in [-0.25, -0.2) is 23.5 Å². The van der Waals surface area contributed by atoms with Crippen LogP contribution >= 0.6 is 23.2 Å². The van der Waals surface area contributed by atoms with Crippen LogP contribution in [0.1, 0.15) is 33.5 Å². The number of hydrogen-bond donors (Lipinski definition) is 0. The van der Waals surface area contributed by atoms with Gasteiger partial charge in [0.25, 0.3) is 0 Å². The lowest BCUT2D eigenvalue weighted by molar-refractivity contribution is 0.0158. The van der Waals surface area contributed by atoms with Gasteiger partial charge in [0.1, 0.15) is 34.3 Å². The molecule has 0 spiro atoms. The summed E-state index contributed by atoms with van der Waals surface area (Å²) >= 11 is 12.6. The summed E-state index contributed by atoms with van der Waals surface area (Å²) in [5.74, 6) is -0.765. The van der Waals surface area contributed by atoms with Crippen molar-refractivity contribution >= 4 is 46.0 Å². The predicted octanol–water partition coefficient (Wildman–Crippen LogP) is 6.42. The van der Waals surface area contributed by atoms with Gasteiger partial charge in [-0.05, 0) is 45.9 Å². The second kappa shape index (κ2) is 10.5. The molecule has 3 aromatic rings. The average molecular weight is 553 g/mol. The molecule has 37 heavy (non-hydrogen) atoms. The summed E-state index contributed by atoms with van der Waals surface area (Å²) in [5.41, 5.74) is -0.898. The van der Waals surface area contributed by atoms with Crippen LogP contribution in [0.15, 0.2) is 24.3 Å². The van der Waals surface area contributed by atoms with Crippen molar-refractivity contribution in [3.63, 3.8) is 0 Å². The number of nitrogens with zero attached hydrogens (tertiary/aromatic N) is 4. The zero-order valence-electron chi connectivity index (χ0n) is 21.2. The van der Waals surface area contributed by atoms with Gasteiger partial charge in [0.15, 0.2) is 5.82 Å². The van der Waals surface area contributed by atoms with Crippen molar-refractivity contribution in [1.29, 1.82) is 0 Å². The molecule has 1 aromatic heterocycles. The molecular weight excluding hydrogens is 525 g/mol. The number of fused-ring (bicyclic) bond motifs is 1. The number of carbonyl (C=O) groups is 1. The number of hydrogen-bond acceptors (Lipinski definition) is 6. The highest BCUT2D eigenvalue weighted by Gasteiger charge is 2.33. The van der Waals surface area contributed by atoms with E-state index in [9.17, 15) is 9.18 Å². The average Bonchev–Trinajstić information content (AvgIpc) is 2.83. The number of rotatable bonds is 4. The third-order valence-electron chi connectivity index (χ3n) is 6.03. The molecular formula is C26H28Cl2F2N4O3. The Morgan fingerprint density at radius 1 is 1.19 bits per heavy atom. The molecule has 7 nitrogen and oxygen atoms in total. The quantitative estimate of drug-likeness (QED) is 0.348. The van der Waals surface area contributed by atoms with Crippen LogP contribution in [0.4, 0.5) is 19.4 Å². The lowest BCUT2D eigenvalue weighted by atomic mass is 10.0. The molecule has 1 atom stereocenters. The van der Waals surface area contributed by atoms with Crippen LogP contribution in [0.25, 0.3) is 22.0 Å². The van der Waals surface area contributed by atoms with Crippen molar-refractivity contribution in [2.45, 2.75) is 45.2 Å². The first-order chi connectivity index (χ1) is 17.4. The molecule has 0 radical (unpaired) electrons. The topological polar surface area (TPSA) is 67.8 Å². The first-order valence-corrected chi connectivity index (χ1v) is 12.7. The summed E-state index contributed by atoms with van der Waals surface area (Å²) in [6.45, 7) is 8.55. The number of aromatic nitrogens is 2. The maximum Gasteiger partial charge on any atom is 0.410 e. The molecule has 0 unspecified atom stereocenters.